The van der Waals surface area contributed by atoms with Crippen LogP contribution in [0.3, 0.4) is 0 Å². The zero-order valence-electron chi connectivity index (χ0n) is 12.8. The van der Waals surface area contributed by atoms with Crippen molar-refractivity contribution in [1.29, 1.82) is 0 Å². The van der Waals surface area contributed by atoms with Gasteiger partial charge in [0.1, 0.15) is 0 Å². The van der Waals surface area contributed by atoms with Crippen LogP contribution in [0, 0.1) is 23.7 Å². The Hall–Kier alpha value is 0.0969. The maximum Gasteiger partial charge on any atom is 0.191 e. The molecule has 0 spiro atoms. The summed E-state index contributed by atoms with van der Waals surface area (Å²) in [5.74, 6) is 2.19. The maximum atomic E-state index is 10.3. The van der Waals surface area contributed by atoms with Gasteiger partial charge in [-0.05, 0) is 48.2 Å². The molecule has 3 rings (SSSR count). The van der Waals surface area contributed by atoms with Crippen molar-refractivity contribution in [2.24, 2.45) is 23.7 Å². The smallest absolute Gasteiger partial charge is 0.191 e. The van der Waals surface area contributed by atoms with Crippen LogP contribution in [-0.4, -0.2) is 38.8 Å². The van der Waals surface area contributed by atoms with E-state index in [0.717, 1.165) is 19.6 Å². The minimum Gasteiger partial charge on any atom is -0.417 e. The summed E-state index contributed by atoms with van der Waals surface area (Å²) in [5.41, 5.74) is 0. The fourth-order valence-electron chi connectivity index (χ4n) is 4.03. The van der Waals surface area contributed by atoms with Gasteiger partial charge >= 0.3 is 0 Å². The van der Waals surface area contributed by atoms with E-state index in [9.17, 15) is 5.11 Å². The Kier molecular flexibility index (Phi) is 3.18. The van der Waals surface area contributed by atoms with Gasteiger partial charge in [0.05, 0.1) is 18.8 Å². The van der Waals surface area contributed by atoms with E-state index in [0.29, 0.717) is 23.7 Å². The van der Waals surface area contributed by atoms with Gasteiger partial charge < -0.3 is 14.3 Å². The number of hydrogen-bond acceptors (Lipinski definition) is 3. The van der Waals surface area contributed by atoms with Crippen LogP contribution in [-0.2, 0) is 9.16 Å². The van der Waals surface area contributed by atoms with Crippen LogP contribution >= 0.6 is 0 Å². The van der Waals surface area contributed by atoms with Gasteiger partial charge in [0.15, 0.2) is 8.32 Å². The van der Waals surface area contributed by atoms with E-state index in [1.54, 1.807) is 0 Å². The molecular formula is C15H28O3Si. The van der Waals surface area contributed by atoms with Crippen LogP contribution in [0.5, 0.6) is 0 Å². The van der Waals surface area contributed by atoms with E-state index in [-0.39, 0.29) is 17.2 Å². The van der Waals surface area contributed by atoms with E-state index in [1.165, 1.54) is 0 Å². The zero-order chi connectivity index (χ0) is 14.0. The second-order valence-corrected chi connectivity index (χ2v) is 13.1. The van der Waals surface area contributed by atoms with Gasteiger partial charge in [0.25, 0.3) is 0 Å². The summed E-state index contributed by atoms with van der Waals surface area (Å²) in [5, 5.41) is 10.6. The molecule has 0 amide bonds. The first-order valence-electron chi connectivity index (χ1n) is 7.66. The highest BCUT2D eigenvalue weighted by Gasteiger charge is 2.62. The Labute approximate surface area is 117 Å². The fourth-order valence-corrected chi connectivity index (χ4v) is 5.07. The molecule has 1 saturated heterocycles. The third-order valence-corrected chi connectivity index (χ3v) is 10.8. The van der Waals surface area contributed by atoms with Crippen LogP contribution in [0.15, 0.2) is 0 Å². The SMILES string of the molecule is CC(C)(C)[Si](C)(C)OC[C@@H]1[C@H]2CO[C@H]3[C@H](O)[C@@H]1C[C@@H]23. The van der Waals surface area contributed by atoms with Gasteiger partial charge in [0, 0.05) is 6.61 Å². The Bertz CT molecular complexity index is 363. The fraction of sp³-hybridized carbons (Fsp3) is 1.00. The lowest BCUT2D eigenvalue weighted by atomic mass is 9.79. The summed E-state index contributed by atoms with van der Waals surface area (Å²) in [6, 6.07) is 0. The molecule has 6 atom stereocenters. The Morgan fingerprint density at radius 1 is 1.21 bits per heavy atom. The second kappa shape index (κ2) is 4.29. The van der Waals surface area contributed by atoms with Gasteiger partial charge in [-0.1, -0.05) is 20.8 Å². The second-order valence-electron chi connectivity index (χ2n) is 8.25. The lowest BCUT2D eigenvalue weighted by Gasteiger charge is -2.39. The molecule has 110 valence electrons. The third-order valence-electron chi connectivity index (χ3n) is 6.32. The highest BCUT2D eigenvalue weighted by Crippen LogP contribution is 2.57. The molecule has 0 aromatic carbocycles. The first-order chi connectivity index (χ1) is 8.72. The quantitative estimate of drug-likeness (QED) is 0.810. The van der Waals surface area contributed by atoms with Crippen LogP contribution < -0.4 is 0 Å². The molecule has 3 aliphatic rings. The number of aliphatic hydroxyl groups excluding tert-OH is 1. The first kappa shape index (κ1) is 14.1. The molecule has 1 N–H and O–H groups in total. The highest BCUT2D eigenvalue weighted by atomic mass is 28.4. The number of fused-ring (bicyclic) bond motifs is 1. The minimum absolute atomic E-state index is 0.138. The molecule has 3 fully saturated rings. The van der Waals surface area contributed by atoms with Gasteiger partial charge in [-0.15, -0.1) is 0 Å². The first-order valence-corrected chi connectivity index (χ1v) is 10.6. The largest absolute Gasteiger partial charge is 0.417 e. The normalized spacial score (nSPS) is 45.2. The summed E-state index contributed by atoms with van der Waals surface area (Å²) in [4.78, 5) is 0. The van der Waals surface area contributed by atoms with Crippen molar-refractivity contribution >= 4 is 8.32 Å². The highest BCUT2D eigenvalue weighted by molar-refractivity contribution is 6.74. The van der Waals surface area contributed by atoms with Crippen molar-refractivity contribution in [3.05, 3.63) is 0 Å². The molecule has 4 heteroatoms. The summed E-state index contributed by atoms with van der Waals surface area (Å²) >= 11 is 0. The number of rotatable bonds is 3. The maximum absolute atomic E-state index is 10.3. The molecule has 19 heavy (non-hydrogen) atoms. The molecule has 0 unspecified atom stereocenters. The lowest BCUT2D eigenvalue weighted by Crippen LogP contribution is -2.45. The van der Waals surface area contributed by atoms with Gasteiger partial charge in [-0.2, -0.15) is 0 Å². The predicted molar refractivity (Wildman–Crippen MR) is 77.5 cm³/mol. The van der Waals surface area contributed by atoms with Crippen molar-refractivity contribution in [1.82, 2.24) is 0 Å². The van der Waals surface area contributed by atoms with E-state index in [4.69, 9.17) is 9.16 Å². The Morgan fingerprint density at radius 2 is 1.89 bits per heavy atom. The Balaban J connectivity index is 1.66. The van der Waals surface area contributed by atoms with E-state index in [2.05, 4.69) is 33.9 Å². The number of aliphatic hydroxyl groups is 1. The van der Waals surface area contributed by atoms with E-state index >= 15 is 0 Å². The molecule has 0 radical (unpaired) electrons. The number of ether oxygens (including phenoxy) is 1. The van der Waals surface area contributed by atoms with Crippen LogP contribution in [0.1, 0.15) is 27.2 Å². The topological polar surface area (TPSA) is 38.7 Å². The molecule has 0 aromatic heterocycles. The van der Waals surface area contributed by atoms with Crippen LogP contribution in [0.25, 0.3) is 0 Å². The molecule has 0 aromatic rings. The van der Waals surface area contributed by atoms with Gasteiger partial charge in [-0.3, -0.25) is 0 Å². The molecule has 1 aliphatic heterocycles. The third kappa shape index (κ3) is 2.03. The molecular weight excluding hydrogens is 256 g/mol. The zero-order valence-corrected chi connectivity index (χ0v) is 13.8. The van der Waals surface area contributed by atoms with Crippen molar-refractivity contribution in [3.8, 4) is 0 Å². The van der Waals surface area contributed by atoms with Crippen molar-refractivity contribution in [2.75, 3.05) is 13.2 Å². The summed E-state index contributed by atoms with van der Waals surface area (Å²) in [6.07, 6.45) is 1.05. The van der Waals surface area contributed by atoms with Crippen molar-refractivity contribution < 1.29 is 14.3 Å². The van der Waals surface area contributed by atoms with E-state index in [1.807, 2.05) is 0 Å². The standard InChI is InChI=1S/C15H28O3Si/c1-15(2,3)19(4,5)18-8-12-9-6-10-11(12)7-17-14(10)13(9)16/h9-14,16H,6-8H2,1-5H3/t9-,10+,11+,12+,13-,14-/m1/s1. The van der Waals surface area contributed by atoms with E-state index < -0.39 is 8.32 Å². The van der Waals surface area contributed by atoms with Crippen LogP contribution in [0.4, 0.5) is 0 Å². The summed E-state index contributed by atoms with van der Waals surface area (Å²) in [6.45, 7) is 13.1. The average Bonchev–Trinajstić information content (AvgIpc) is 2.86. The monoisotopic (exact) mass is 284 g/mol. The summed E-state index contributed by atoms with van der Waals surface area (Å²) in [7, 11) is -1.67. The average molecular weight is 284 g/mol. The number of hydrogen-bond donors (Lipinski definition) is 1. The molecule has 2 aliphatic carbocycles. The van der Waals surface area contributed by atoms with Gasteiger partial charge in [0.2, 0.25) is 0 Å². The van der Waals surface area contributed by atoms with Crippen molar-refractivity contribution in [3.63, 3.8) is 0 Å². The molecule has 2 saturated carbocycles. The molecule has 1 heterocycles. The Morgan fingerprint density at radius 3 is 2.53 bits per heavy atom. The predicted octanol–water partition coefficient (Wildman–Crippen LogP) is 2.65. The molecule has 2 bridgehead atoms. The lowest BCUT2D eigenvalue weighted by molar-refractivity contribution is -0.0221. The van der Waals surface area contributed by atoms with Gasteiger partial charge in [-0.25, -0.2) is 0 Å². The van der Waals surface area contributed by atoms with Crippen LogP contribution in [0.2, 0.25) is 18.1 Å². The van der Waals surface area contributed by atoms with Crippen molar-refractivity contribution in [2.45, 2.75) is 57.5 Å². The summed E-state index contributed by atoms with van der Waals surface area (Å²) < 4.78 is 12.2. The molecule has 3 nitrogen and oxygen atoms in total. The minimum atomic E-state index is -1.67.